The summed E-state index contributed by atoms with van der Waals surface area (Å²) in [4.78, 5) is 11.8. The summed E-state index contributed by atoms with van der Waals surface area (Å²) in [6, 6.07) is 8.50. The fraction of sp³-hybridized carbons (Fsp3) is 0.500. The van der Waals surface area contributed by atoms with E-state index in [1.54, 1.807) is 24.5 Å². The van der Waals surface area contributed by atoms with Crippen LogP contribution in [0, 0.1) is 11.7 Å². The summed E-state index contributed by atoms with van der Waals surface area (Å²) in [5.74, 6) is 0.816. The van der Waals surface area contributed by atoms with Crippen LogP contribution in [-0.4, -0.2) is 52.3 Å². The van der Waals surface area contributed by atoms with Gasteiger partial charge in [0.25, 0.3) is 0 Å². The van der Waals surface area contributed by atoms with Crippen LogP contribution in [0.4, 0.5) is 10.3 Å². The minimum absolute atomic E-state index is 0.284. The third kappa shape index (κ3) is 5.99. The van der Waals surface area contributed by atoms with Gasteiger partial charge in [-0.1, -0.05) is 24.6 Å². The summed E-state index contributed by atoms with van der Waals surface area (Å²) in [5, 5.41) is 4.80. The molecule has 3 aromatic rings. The predicted molar refractivity (Wildman–Crippen MR) is 174 cm³/mol. The Morgan fingerprint density at radius 1 is 0.955 bits per heavy atom. The maximum atomic E-state index is 13.5. The molecule has 44 heavy (non-hydrogen) atoms. The molecular weight excluding hydrogens is 554 g/mol. The van der Waals surface area contributed by atoms with E-state index >= 15 is 0 Å². The highest BCUT2D eigenvalue weighted by Crippen LogP contribution is 2.38. The monoisotopic (exact) mass is 598 g/mol. The van der Waals surface area contributed by atoms with Crippen LogP contribution in [-0.2, 0) is 14.8 Å². The topological polar surface area (TPSA) is 90.8 Å². The van der Waals surface area contributed by atoms with Gasteiger partial charge in [0.05, 0.1) is 22.4 Å². The zero-order chi connectivity index (χ0) is 31.1. The normalized spacial score (nSPS) is 25.1. The maximum absolute atomic E-state index is 13.5. The Kier molecular flexibility index (Phi) is 8.28. The molecule has 10 heteroatoms. The molecule has 2 fully saturated rings. The second-order valence-corrected chi connectivity index (χ2v) is 13.6. The molecule has 2 atom stereocenters. The van der Waals surface area contributed by atoms with Crippen molar-refractivity contribution >= 4 is 30.3 Å². The first kappa shape index (κ1) is 30.7. The number of benzene rings is 1. The number of rotatable bonds is 5. The van der Waals surface area contributed by atoms with Crippen molar-refractivity contribution in [3.63, 3.8) is 0 Å². The highest BCUT2D eigenvalue weighted by atomic mass is 19.1. The molecule has 0 amide bonds. The first-order chi connectivity index (χ1) is 20.9. The molecule has 6 rings (SSSR count). The van der Waals surface area contributed by atoms with Crippen molar-refractivity contribution in [1.29, 1.82) is 0 Å². The molecule has 2 aromatic heterocycles. The van der Waals surface area contributed by atoms with E-state index in [9.17, 15) is 4.39 Å². The predicted octanol–water partition coefficient (Wildman–Crippen LogP) is 5.65. The van der Waals surface area contributed by atoms with Gasteiger partial charge in [-0.3, -0.25) is 0 Å². The fourth-order valence-corrected chi connectivity index (χ4v) is 6.32. The third-order valence-electron chi connectivity index (χ3n) is 9.89. The second kappa shape index (κ2) is 11.9. The molecule has 232 valence electrons. The Bertz CT molecular complexity index is 1510. The number of hydrogen-bond donors (Lipinski definition) is 1. The van der Waals surface area contributed by atoms with Crippen LogP contribution < -0.4 is 16.1 Å². The van der Waals surface area contributed by atoms with Crippen molar-refractivity contribution in [2.45, 2.75) is 89.9 Å². The van der Waals surface area contributed by atoms with Crippen LogP contribution in [0.3, 0.4) is 0 Å². The van der Waals surface area contributed by atoms with E-state index in [0.717, 1.165) is 73.9 Å². The van der Waals surface area contributed by atoms with Gasteiger partial charge in [0, 0.05) is 48.9 Å². The summed E-state index contributed by atoms with van der Waals surface area (Å²) in [6.45, 7) is 12.0. The van der Waals surface area contributed by atoms with Crippen LogP contribution >= 0.6 is 0 Å². The highest BCUT2D eigenvalue weighted by molar-refractivity contribution is 6.62. The Morgan fingerprint density at radius 3 is 2.36 bits per heavy atom. The molecule has 2 N–H and O–H groups in total. The summed E-state index contributed by atoms with van der Waals surface area (Å²) < 4.78 is 28.2. The van der Waals surface area contributed by atoms with Crippen LogP contribution in [0.1, 0.15) is 90.0 Å². The van der Waals surface area contributed by atoms with Gasteiger partial charge in [0.15, 0.2) is 0 Å². The van der Waals surface area contributed by atoms with E-state index in [1.165, 1.54) is 17.7 Å². The molecule has 1 unspecified atom stereocenters. The minimum atomic E-state index is -0.825. The van der Waals surface area contributed by atoms with Gasteiger partial charge < -0.3 is 19.9 Å². The minimum Gasteiger partial charge on any atom is -0.399 e. The molecular formula is C34H44BFN6O2. The van der Waals surface area contributed by atoms with Crippen LogP contribution in [0.15, 0.2) is 60.1 Å². The van der Waals surface area contributed by atoms with Gasteiger partial charge in [-0.15, -0.1) is 0 Å². The smallest absolute Gasteiger partial charge is 0.399 e. The van der Waals surface area contributed by atoms with Crippen molar-refractivity contribution < 1.29 is 13.7 Å². The second-order valence-electron chi connectivity index (χ2n) is 13.6. The van der Waals surface area contributed by atoms with Gasteiger partial charge in [0.1, 0.15) is 5.82 Å². The molecule has 5 heterocycles. The summed E-state index contributed by atoms with van der Waals surface area (Å²) >= 11 is 0. The highest BCUT2D eigenvalue weighted by Gasteiger charge is 2.52. The zero-order valence-electron chi connectivity index (χ0n) is 26.6. The number of anilines is 1. The number of allylic oxidation sites excluding steroid dienone is 2. The van der Waals surface area contributed by atoms with E-state index in [4.69, 9.17) is 30.1 Å². The largest absolute Gasteiger partial charge is 0.496 e. The molecule has 3 aliphatic rings. The van der Waals surface area contributed by atoms with Gasteiger partial charge in [-0.25, -0.2) is 19.0 Å². The van der Waals surface area contributed by atoms with Crippen molar-refractivity contribution in [3.8, 4) is 0 Å². The molecule has 1 aromatic carbocycles. The average molecular weight is 599 g/mol. The Morgan fingerprint density at radius 2 is 1.66 bits per heavy atom. The maximum Gasteiger partial charge on any atom is 0.496 e. The molecule has 3 aliphatic heterocycles. The summed E-state index contributed by atoms with van der Waals surface area (Å²) in [5.41, 5.74) is 10.1. The zero-order valence-corrected chi connectivity index (χ0v) is 26.6. The van der Waals surface area contributed by atoms with E-state index < -0.39 is 23.9 Å². The molecule has 0 aliphatic carbocycles. The number of fused-ring (bicyclic) bond motifs is 1. The first-order valence-electron chi connectivity index (χ1n) is 15.9. The molecule has 2 saturated heterocycles. The van der Waals surface area contributed by atoms with Crippen molar-refractivity contribution in [3.05, 3.63) is 77.6 Å². The summed E-state index contributed by atoms with van der Waals surface area (Å²) in [7, 11) is -0.427. The molecule has 0 bridgehead atoms. The number of aromatic nitrogens is 3. The van der Waals surface area contributed by atoms with Crippen molar-refractivity contribution in [2.75, 3.05) is 18.0 Å². The SMILES string of the molecule is CC1(C)OB(c2cc3n(c2)/N=C\CC/C=C\3C2CCCCN(c3ncc([C@@](C)(N)c4ccc(F)cc4)cn3)CC2)OC1(C)C. The molecule has 0 saturated carbocycles. The lowest BCUT2D eigenvalue weighted by molar-refractivity contribution is 0.00578. The Hall–Kier alpha value is -3.34. The lowest BCUT2D eigenvalue weighted by Gasteiger charge is -2.32. The molecule has 8 nitrogen and oxygen atoms in total. The number of nitrogens with two attached hydrogens (primary N) is 1. The fourth-order valence-electron chi connectivity index (χ4n) is 6.32. The lowest BCUT2D eigenvalue weighted by Crippen LogP contribution is -2.41. The lowest BCUT2D eigenvalue weighted by atomic mass is 9.80. The van der Waals surface area contributed by atoms with Crippen LogP contribution in [0.2, 0.25) is 0 Å². The van der Waals surface area contributed by atoms with Crippen molar-refractivity contribution in [2.24, 2.45) is 16.8 Å². The number of halogens is 1. The van der Waals surface area contributed by atoms with Gasteiger partial charge in [0.2, 0.25) is 5.95 Å². The standard InChI is InChI=1S/C34H44BFN6O2/c1-32(2)33(3,4)44-35(43-32)27-20-30-29(11-6-8-17-40-42(30)23-27)24-10-7-9-18-41(19-16-24)31-38-21-26(22-39-31)34(5,37)25-12-14-28(36)15-13-25/h11-15,17,20-24H,6-10,16,18-19,37H2,1-5H3/b29-11-,40-17-/t24?,34-/m0/s1. The van der Waals surface area contributed by atoms with Gasteiger partial charge in [-0.2, -0.15) is 5.10 Å². The summed E-state index contributed by atoms with van der Waals surface area (Å²) in [6.07, 6.45) is 16.3. The number of nitrogens with zero attached hydrogens (tertiary/aromatic N) is 5. The number of hydrogen-bond acceptors (Lipinski definition) is 7. The average Bonchev–Trinajstić information content (AvgIpc) is 3.46. The van der Waals surface area contributed by atoms with E-state index in [-0.39, 0.29) is 5.82 Å². The third-order valence-corrected chi connectivity index (χ3v) is 9.89. The van der Waals surface area contributed by atoms with E-state index in [0.29, 0.717) is 11.9 Å². The quantitative estimate of drug-likeness (QED) is 0.382. The first-order valence-corrected chi connectivity index (χ1v) is 15.9. The Labute approximate surface area is 260 Å². The van der Waals surface area contributed by atoms with Crippen LogP contribution in [0.25, 0.3) is 5.57 Å². The van der Waals surface area contributed by atoms with Gasteiger partial charge >= 0.3 is 7.12 Å². The molecule has 0 spiro atoms. The van der Waals surface area contributed by atoms with E-state index in [1.807, 2.05) is 17.8 Å². The van der Waals surface area contributed by atoms with Crippen LogP contribution in [0.5, 0.6) is 0 Å². The van der Waals surface area contributed by atoms with Gasteiger partial charge in [-0.05, 0) is 102 Å². The molecule has 0 radical (unpaired) electrons. The van der Waals surface area contributed by atoms with E-state index in [2.05, 4.69) is 50.9 Å². The van der Waals surface area contributed by atoms with Crippen molar-refractivity contribution in [1.82, 2.24) is 14.6 Å². The Balaban J connectivity index is 1.20.